The number of rotatable bonds is 4. The van der Waals surface area contributed by atoms with Gasteiger partial charge in [-0.15, -0.1) is 11.3 Å². The molecule has 1 amide bonds. The number of carbonyl (C=O) groups excluding carboxylic acids is 1. The van der Waals surface area contributed by atoms with Crippen molar-refractivity contribution in [1.82, 2.24) is 10.3 Å². The number of aromatic nitrogens is 1. The van der Waals surface area contributed by atoms with Crippen molar-refractivity contribution in [2.75, 3.05) is 0 Å². The zero-order chi connectivity index (χ0) is 16.1. The van der Waals surface area contributed by atoms with E-state index in [0.29, 0.717) is 10.7 Å². The molecule has 0 bridgehead atoms. The minimum absolute atomic E-state index is 0.00431. The Hall–Kier alpha value is -2.52. The predicted octanol–water partition coefficient (Wildman–Crippen LogP) is 3.38. The van der Waals surface area contributed by atoms with Crippen LogP contribution in [0.1, 0.15) is 19.5 Å². The van der Waals surface area contributed by atoms with Gasteiger partial charge < -0.3 is 5.32 Å². The summed E-state index contributed by atoms with van der Waals surface area (Å²) in [5, 5.41) is 14.2. The predicted molar refractivity (Wildman–Crippen MR) is 84.4 cm³/mol. The number of nitrogens with zero attached hydrogens (tertiary/aromatic N) is 2. The van der Waals surface area contributed by atoms with Crippen LogP contribution in [-0.2, 0) is 4.79 Å². The minimum atomic E-state index is -0.422. The van der Waals surface area contributed by atoms with Crippen LogP contribution in [-0.4, -0.2) is 16.9 Å². The van der Waals surface area contributed by atoms with Crippen molar-refractivity contribution in [3.05, 3.63) is 46.7 Å². The van der Waals surface area contributed by atoms with Crippen molar-refractivity contribution in [2.24, 2.45) is 0 Å². The lowest BCUT2D eigenvalue weighted by atomic mass is 10.2. The summed E-state index contributed by atoms with van der Waals surface area (Å²) < 4.78 is 12.9. The van der Waals surface area contributed by atoms with Gasteiger partial charge in [0.25, 0.3) is 5.91 Å². The van der Waals surface area contributed by atoms with Gasteiger partial charge in [0.05, 0.1) is 5.69 Å². The second kappa shape index (κ2) is 6.96. The van der Waals surface area contributed by atoms with E-state index in [1.807, 2.05) is 19.9 Å². The van der Waals surface area contributed by atoms with Gasteiger partial charge in [0.15, 0.2) is 0 Å². The van der Waals surface area contributed by atoms with Crippen LogP contribution in [0.3, 0.4) is 0 Å². The van der Waals surface area contributed by atoms with Crippen LogP contribution in [0.2, 0.25) is 0 Å². The second-order valence-corrected chi connectivity index (χ2v) is 5.74. The van der Waals surface area contributed by atoms with Gasteiger partial charge in [-0.2, -0.15) is 5.26 Å². The quantitative estimate of drug-likeness (QED) is 0.695. The van der Waals surface area contributed by atoms with E-state index in [9.17, 15) is 9.18 Å². The summed E-state index contributed by atoms with van der Waals surface area (Å²) in [4.78, 5) is 16.2. The van der Waals surface area contributed by atoms with E-state index in [1.54, 1.807) is 17.5 Å². The molecule has 2 rings (SSSR count). The molecular weight excluding hydrogens is 301 g/mol. The lowest BCUT2D eigenvalue weighted by Gasteiger charge is -2.06. The molecule has 1 aromatic heterocycles. The molecule has 0 aliphatic rings. The van der Waals surface area contributed by atoms with Gasteiger partial charge in [0.2, 0.25) is 0 Å². The number of nitrogens with one attached hydrogen (secondary N) is 1. The fourth-order valence-corrected chi connectivity index (χ4v) is 2.50. The van der Waals surface area contributed by atoms with E-state index in [-0.39, 0.29) is 17.4 Å². The third-order valence-electron chi connectivity index (χ3n) is 2.69. The van der Waals surface area contributed by atoms with Crippen LogP contribution in [0.4, 0.5) is 4.39 Å². The van der Waals surface area contributed by atoms with Crippen LogP contribution < -0.4 is 5.32 Å². The van der Waals surface area contributed by atoms with Gasteiger partial charge >= 0.3 is 0 Å². The maximum atomic E-state index is 12.9. The third-order valence-corrected chi connectivity index (χ3v) is 3.60. The summed E-state index contributed by atoms with van der Waals surface area (Å²) in [7, 11) is 0. The highest BCUT2D eigenvalue weighted by molar-refractivity contribution is 7.13. The van der Waals surface area contributed by atoms with Crippen LogP contribution in [0.25, 0.3) is 16.6 Å². The first-order valence-electron chi connectivity index (χ1n) is 6.63. The number of benzene rings is 1. The average molecular weight is 315 g/mol. The second-order valence-electron chi connectivity index (χ2n) is 4.88. The largest absolute Gasteiger partial charge is 0.349 e. The smallest absolute Gasteiger partial charge is 0.262 e. The van der Waals surface area contributed by atoms with Crippen LogP contribution >= 0.6 is 11.3 Å². The summed E-state index contributed by atoms with van der Waals surface area (Å²) >= 11 is 1.37. The Kier molecular flexibility index (Phi) is 5.02. The molecule has 1 aromatic carbocycles. The molecule has 112 valence electrons. The number of thiazole rings is 1. The van der Waals surface area contributed by atoms with Crippen molar-refractivity contribution >= 4 is 23.3 Å². The fraction of sp³-hybridized carbons (Fsp3) is 0.188. The highest BCUT2D eigenvalue weighted by atomic mass is 32.1. The van der Waals surface area contributed by atoms with E-state index in [4.69, 9.17) is 5.26 Å². The Morgan fingerprint density at radius 3 is 2.68 bits per heavy atom. The monoisotopic (exact) mass is 315 g/mol. The molecule has 0 aliphatic carbocycles. The van der Waals surface area contributed by atoms with Crippen molar-refractivity contribution in [3.63, 3.8) is 0 Å². The Labute approximate surface area is 131 Å². The first kappa shape index (κ1) is 15.9. The third kappa shape index (κ3) is 3.99. The summed E-state index contributed by atoms with van der Waals surface area (Å²) in [5.74, 6) is -0.730. The van der Waals surface area contributed by atoms with Crippen LogP contribution in [0, 0.1) is 17.1 Å². The van der Waals surface area contributed by atoms with Gasteiger partial charge in [0.1, 0.15) is 22.5 Å². The van der Waals surface area contributed by atoms with Crippen LogP contribution in [0.15, 0.2) is 35.2 Å². The molecule has 2 aromatic rings. The fourth-order valence-electron chi connectivity index (χ4n) is 1.71. The molecule has 0 fully saturated rings. The number of amides is 1. The Morgan fingerprint density at radius 2 is 2.09 bits per heavy atom. The van der Waals surface area contributed by atoms with Gasteiger partial charge in [-0.3, -0.25) is 4.79 Å². The van der Waals surface area contributed by atoms with E-state index >= 15 is 0 Å². The van der Waals surface area contributed by atoms with E-state index in [1.165, 1.54) is 29.5 Å². The van der Waals surface area contributed by atoms with Crippen molar-refractivity contribution in [3.8, 4) is 16.6 Å². The van der Waals surface area contributed by atoms with Gasteiger partial charge in [0, 0.05) is 17.0 Å². The molecule has 0 aliphatic heterocycles. The van der Waals surface area contributed by atoms with E-state index < -0.39 is 5.91 Å². The van der Waals surface area contributed by atoms with E-state index in [0.717, 1.165) is 5.56 Å². The van der Waals surface area contributed by atoms with E-state index in [2.05, 4.69) is 10.3 Å². The summed E-state index contributed by atoms with van der Waals surface area (Å²) in [6.07, 6.45) is 1.45. The Morgan fingerprint density at radius 1 is 1.41 bits per heavy atom. The summed E-state index contributed by atoms with van der Waals surface area (Å²) in [6.45, 7) is 3.64. The van der Waals surface area contributed by atoms with Crippen molar-refractivity contribution in [2.45, 2.75) is 19.9 Å². The molecule has 22 heavy (non-hydrogen) atoms. The maximum absolute atomic E-state index is 12.9. The first-order valence-corrected chi connectivity index (χ1v) is 7.51. The molecule has 0 spiro atoms. The zero-order valence-corrected chi connectivity index (χ0v) is 12.9. The standard InChI is InChI=1S/C16H14FN3OS/c1-10(2)19-15(21)12(8-18)7-14-9-22-16(20-14)11-3-5-13(17)6-4-11/h3-7,9-10H,1-2H3,(H,19,21)/b12-7+. The molecule has 0 saturated heterocycles. The molecule has 1 heterocycles. The molecule has 0 saturated carbocycles. The molecule has 4 nitrogen and oxygen atoms in total. The first-order chi connectivity index (χ1) is 10.5. The lowest BCUT2D eigenvalue weighted by Crippen LogP contribution is -2.30. The zero-order valence-electron chi connectivity index (χ0n) is 12.1. The molecule has 0 radical (unpaired) electrons. The Bertz CT molecular complexity index is 741. The SMILES string of the molecule is CC(C)NC(=O)/C(C#N)=C/c1csc(-c2ccc(F)cc2)n1. The molecule has 0 unspecified atom stereocenters. The number of halogens is 1. The topological polar surface area (TPSA) is 65.8 Å². The van der Waals surface area contributed by atoms with Gasteiger partial charge in [-0.05, 0) is 44.2 Å². The number of carbonyl (C=O) groups is 1. The molecular formula is C16H14FN3OS. The highest BCUT2D eigenvalue weighted by Gasteiger charge is 2.11. The normalized spacial score (nSPS) is 11.3. The van der Waals surface area contributed by atoms with Crippen LogP contribution in [0.5, 0.6) is 0 Å². The Balaban J connectivity index is 2.23. The van der Waals surface area contributed by atoms with Gasteiger partial charge in [-0.25, -0.2) is 9.37 Å². The molecule has 6 heteroatoms. The van der Waals surface area contributed by atoms with Gasteiger partial charge in [-0.1, -0.05) is 0 Å². The minimum Gasteiger partial charge on any atom is -0.349 e. The summed E-state index contributed by atoms with van der Waals surface area (Å²) in [5.41, 5.74) is 1.32. The number of nitriles is 1. The lowest BCUT2D eigenvalue weighted by molar-refractivity contribution is -0.117. The number of hydrogen-bond acceptors (Lipinski definition) is 4. The highest BCUT2D eigenvalue weighted by Crippen LogP contribution is 2.24. The van der Waals surface area contributed by atoms with Crippen molar-refractivity contribution in [1.29, 1.82) is 5.26 Å². The molecule has 0 atom stereocenters. The maximum Gasteiger partial charge on any atom is 0.262 e. The number of hydrogen-bond donors (Lipinski definition) is 1. The summed E-state index contributed by atoms with van der Waals surface area (Å²) in [6, 6.07) is 7.83. The molecule has 1 N–H and O–H groups in total. The van der Waals surface area contributed by atoms with Crippen molar-refractivity contribution < 1.29 is 9.18 Å². The average Bonchev–Trinajstić information content (AvgIpc) is 2.93.